The zero-order valence-electron chi connectivity index (χ0n) is 26.0. The van der Waals surface area contributed by atoms with Crippen LogP contribution in [0.25, 0.3) is 11.1 Å². The Balaban J connectivity index is 1.16. The van der Waals surface area contributed by atoms with Gasteiger partial charge in [0.1, 0.15) is 24.7 Å². The molecule has 4 heteroatoms. The number of ether oxygens (including phenoxy) is 4. The zero-order chi connectivity index (χ0) is 30.1. The van der Waals surface area contributed by atoms with Gasteiger partial charge in [-0.2, -0.15) is 0 Å². The predicted molar refractivity (Wildman–Crippen MR) is 178 cm³/mol. The Kier molecular flexibility index (Phi) is 10.1. The van der Waals surface area contributed by atoms with Gasteiger partial charge < -0.3 is 18.9 Å². The van der Waals surface area contributed by atoms with Crippen LogP contribution in [-0.2, 0) is 22.5 Å². The molecule has 1 aliphatic heterocycles. The van der Waals surface area contributed by atoms with E-state index in [0.29, 0.717) is 13.2 Å². The summed E-state index contributed by atoms with van der Waals surface area (Å²) >= 11 is 0. The molecule has 2 aliphatic rings. The van der Waals surface area contributed by atoms with Crippen LogP contribution in [0, 0.1) is 11.8 Å². The Morgan fingerprint density at radius 3 is 2.09 bits per heavy atom. The first kappa shape index (κ1) is 30.2. The second-order valence-corrected chi connectivity index (χ2v) is 12.2. The van der Waals surface area contributed by atoms with Crippen LogP contribution in [0.3, 0.4) is 0 Å². The third-order valence-electron chi connectivity index (χ3n) is 9.37. The Labute approximate surface area is 262 Å². The van der Waals surface area contributed by atoms with Crippen molar-refractivity contribution in [3.05, 3.63) is 131 Å². The molecule has 1 heterocycles. The number of hydrogen-bond acceptors (Lipinski definition) is 4. The molecule has 1 saturated carbocycles. The molecular formula is C40H44O4. The van der Waals surface area contributed by atoms with Gasteiger partial charge in [-0.15, -0.1) is 0 Å². The minimum absolute atomic E-state index is 0.0645. The van der Waals surface area contributed by atoms with Gasteiger partial charge in [0.2, 0.25) is 0 Å². The summed E-state index contributed by atoms with van der Waals surface area (Å²) in [6, 6.07) is 36.4. The highest BCUT2D eigenvalue weighted by Gasteiger charge is 2.25. The lowest BCUT2D eigenvalue weighted by Crippen LogP contribution is -2.22. The van der Waals surface area contributed by atoms with E-state index in [1.807, 2.05) is 24.3 Å². The molecule has 0 unspecified atom stereocenters. The van der Waals surface area contributed by atoms with Crippen molar-refractivity contribution in [2.75, 3.05) is 20.8 Å². The van der Waals surface area contributed by atoms with Crippen LogP contribution in [0.2, 0.25) is 0 Å². The molecule has 1 aliphatic carbocycles. The van der Waals surface area contributed by atoms with Gasteiger partial charge in [-0.05, 0) is 77.5 Å². The van der Waals surface area contributed by atoms with Crippen LogP contribution in [0.15, 0.2) is 103 Å². The van der Waals surface area contributed by atoms with Crippen molar-refractivity contribution in [2.45, 2.75) is 57.8 Å². The first-order chi connectivity index (χ1) is 21.7. The van der Waals surface area contributed by atoms with Crippen molar-refractivity contribution in [3.63, 3.8) is 0 Å². The van der Waals surface area contributed by atoms with Crippen LogP contribution in [0.4, 0.5) is 0 Å². The molecule has 4 aromatic rings. The normalized spacial score (nSPS) is 18.2. The molecule has 4 nitrogen and oxygen atoms in total. The maximum Gasteiger partial charge on any atom is 0.157 e. The van der Waals surface area contributed by atoms with Gasteiger partial charge in [-0.3, -0.25) is 0 Å². The topological polar surface area (TPSA) is 36.9 Å². The average molecular weight is 589 g/mol. The lowest BCUT2D eigenvalue weighted by atomic mass is 9.78. The second-order valence-electron chi connectivity index (χ2n) is 12.2. The van der Waals surface area contributed by atoms with Crippen LogP contribution in [-0.4, -0.2) is 27.1 Å². The van der Waals surface area contributed by atoms with Gasteiger partial charge in [0.15, 0.2) is 6.29 Å². The number of rotatable bonds is 12. The summed E-state index contributed by atoms with van der Waals surface area (Å²) < 4.78 is 23.3. The highest BCUT2D eigenvalue weighted by atomic mass is 16.7. The Morgan fingerprint density at radius 2 is 1.39 bits per heavy atom. The lowest BCUT2D eigenvalue weighted by molar-refractivity contribution is -0.116. The molecule has 0 N–H and O–H groups in total. The van der Waals surface area contributed by atoms with Gasteiger partial charge in [-0.25, -0.2) is 0 Å². The van der Waals surface area contributed by atoms with Crippen LogP contribution >= 0.6 is 0 Å². The minimum atomic E-state index is -0.0645. The number of hydrogen-bond donors (Lipinski definition) is 0. The highest BCUT2D eigenvalue weighted by molar-refractivity contribution is 6.01. The third kappa shape index (κ3) is 7.43. The molecule has 0 bridgehead atoms. The van der Waals surface area contributed by atoms with Crippen molar-refractivity contribution < 1.29 is 18.9 Å². The summed E-state index contributed by atoms with van der Waals surface area (Å²) in [5.74, 6) is 3.21. The molecule has 0 spiro atoms. The first-order valence-corrected chi connectivity index (χ1v) is 16.1. The van der Waals surface area contributed by atoms with Gasteiger partial charge in [-0.1, -0.05) is 97.8 Å². The Hall–Kier alpha value is -3.86. The monoisotopic (exact) mass is 588 g/mol. The molecule has 6 rings (SSSR count). The van der Waals surface area contributed by atoms with E-state index in [1.54, 1.807) is 14.2 Å². The van der Waals surface area contributed by atoms with Gasteiger partial charge in [0.05, 0.1) is 0 Å². The summed E-state index contributed by atoms with van der Waals surface area (Å²) in [4.78, 5) is 0. The van der Waals surface area contributed by atoms with E-state index in [0.717, 1.165) is 47.3 Å². The third-order valence-corrected chi connectivity index (χ3v) is 9.37. The van der Waals surface area contributed by atoms with E-state index in [-0.39, 0.29) is 6.29 Å². The fourth-order valence-corrected chi connectivity index (χ4v) is 6.77. The van der Waals surface area contributed by atoms with Crippen molar-refractivity contribution in [1.29, 1.82) is 0 Å². The van der Waals surface area contributed by atoms with E-state index >= 15 is 0 Å². The second kappa shape index (κ2) is 14.7. The van der Waals surface area contributed by atoms with Crippen LogP contribution in [0.1, 0.15) is 66.3 Å². The number of benzene rings is 4. The fraction of sp³-hybridized carbons (Fsp3) is 0.350. The SMILES string of the molecule is COC(CC1CCC(CCc2ccc(C3=C(c4ccccc4)COc4cc(OCc5ccccc5)ccc43)cc2)CC1)OC. The molecule has 0 atom stereocenters. The minimum Gasteiger partial charge on any atom is -0.489 e. The van der Waals surface area contributed by atoms with Crippen molar-refractivity contribution in [2.24, 2.45) is 11.8 Å². The maximum atomic E-state index is 6.35. The standard InChI is InChI=1S/C40H44O4/c1-41-39(42-2)25-31-17-15-29(16-18-31)13-14-30-19-21-34(22-20-30)40-36-24-23-35(43-27-32-9-5-3-6-10-32)26-38(36)44-28-37(40)33-11-7-4-8-12-33/h3-12,19-24,26,29,31,39H,13-18,25,27-28H2,1-2H3. The molecule has 4 aromatic carbocycles. The number of methoxy groups -OCH3 is 2. The van der Waals surface area contributed by atoms with Gasteiger partial charge in [0, 0.05) is 37.8 Å². The molecule has 44 heavy (non-hydrogen) atoms. The molecule has 0 aromatic heterocycles. The van der Waals surface area contributed by atoms with E-state index < -0.39 is 0 Å². The molecule has 0 amide bonds. The smallest absolute Gasteiger partial charge is 0.157 e. The Bertz CT molecular complexity index is 1500. The molecule has 228 valence electrons. The maximum absolute atomic E-state index is 6.35. The summed E-state index contributed by atoms with van der Waals surface area (Å²) in [5.41, 5.74) is 8.53. The Morgan fingerprint density at radius 1 is 0.705 bits per heavy atom. The first-order valence-electron chi connectivity index (χ1n) is 16.1. The van der Waals surface area contributed by atoms with Gasteiger partial charge in [0.25, 0.3) is 0 Å². The van der Waals surface area contributed by atoms with Crippen molar-refractivity contribution in [1.82, 2.24) is 0 Å². The van der Waals surface area contributed by atoms with Crippen molar-refractivity contribution in [3.8, 4) is 11.5 Å². The van der Waals surface area contributed by atoms with Crippen LogP contribution in [0.5, 0.6) is 11.5 Å². The molecular weight excluding hydrogens is 544 g/mol. The van der Waals surface area contributed by atoms with E-state index in [9.17, 15) is 0 Å². The molecule has 0 radical (unpaired) electrons. The number of fused-ring (bicyclic) bond motifs is 1. The van der Waals surface area contributed by atoms with E-state index in [2.05, 4.69) is 78.9 Å². The quantitative estimate of drug-likeness (QED) is 0.155. The fourth-order valence-electron chi connectivity index (χ4n) is 6.77. The zero-order valence-corrected chi connectivity index (χ0v) is 26.0. The lowest BCUT2D eigenvalue weighted by Gasteiger charge is -2.30. The number of aryl methyl sites for hydroxylation is 1. The van der Waals surface area contributed by atoms with E-state index in [4.69, 9.17) is 18.9 Å². The van der Waals surface area contributed by atoms with Gasteiger partial charge >= 0.3 is 0 Å². The summed E-state index contributed by atoms with van der Waals surface area (Å²) in [6.45, 7) is 1.05. The summed E-state index contributed by atoms with van der Waals surface area (Å²) in [5, 5.41) is 0. The van der Waals surface area contributed by atoms with E-state index in [1.165, 1.54) is 59.9 Å². The van der Waals surface area contributed by atoms with Crippen LogP contribution < -0.4 is 9.47 Å². The average Bonchev–Trinajstić information content (AvgIpc) is 3.10. The molecule has 1 fully saturated rings. The summed E-state index contributed by atoms with van der Waals surface area (Å²) in [7, 11) is 3.48. The largest absolute Gasteiger partial charge is 0.489 e. The van der Waals surface area contributed by atoms with Crippen molar-refractivity contribution >= 4 is 11.1 Å². The molecule has 0 saturated heterocycles. The predicted octanol–water partition coefficient (Wildman–Crippen LogP) is 9.37. The summed E-state index contributed by atoms with van der Waals surface area (Å²) in [6.07, 6.45) is 8.51. The highest BCUT2D eigenvalue weighted by Crippen LogP contribution is 2.43.